The average Bonchev–Trinajstić information content (AvgIpc) is 2.43. The van der Waals surface area contributed by atoms with E-state index in [1.807, 2.05) is 56.3 Å². The van der Waals surface area contributed by atoms with Crippen molar-refractivity contribution >= 4 is 29.1 Å². The van der Waals surface area contributed by atoms with Crippen LogP contribution in [0.1, 0.15) is 25.5 Å². The van der Waals surface area contributed by atoms with Crippen molar-refractivity contribution in [1.82, 2.24) is 0 Å². The van der Waals surface area contributed by atoms with Crippen molar-refractivity contribution in [2.24, 2.45) is 11.7 Å². The molecule has 3 nitrogen and oxygen atoms in total. The molecule has 0 saturated heterocycles. The van der Waals surface area contributed by atoms with Gasteiger partial charge in [-0.05, 0) is 28.3 Å². The molecule has 2 rings (SSSR count). The smallest absolute Gasteiger partial charge is 0.327 e. The van der Waals surface area contributed by atoms with Gasteiger partial charge in [-0.2, -0.15) is 0 Å². The van der Waals surface area contributed by atoms with Crippen molar-refractivity contribution < 1.29 is 9.53 Å². The van der Waals surface area contributed by atoms with Crippen molar-refractivity contribution in [1.29, 1.82) is 0 Å². The van der Waals surface area contributed by atoms with Crippen LogP contribution in [0.3, 0.4) is 0 Å². The monoisotopic (exact) mass is 293 g/mol. The minimum absolute atomic E-state index is 0. The number of esters is 1. The molecule has 0 saturated carbocycles. The van der Waals surface area contributed by atoms with Gasteiger partial charge in [0, 0.05) is 0 Å². The second-order valence-corrected chi connectivity index (χ2v) is 5.11. The Hall–Kier alpha value is -1.58. The molecular weight excluding hydrogens is 274 g/mol. The minimum atomic E-state index is -0.719. The van der Waals surface area contributed by atoms with Crippen LogP contribution in [0.4, 0.5) is 0 Å². The van der Waals surface area contributed by atoms with Gasteiger partial charge in [0.05, 0.1) is 6.61 Å². The van der Waals surface area contributed by atoms with Gasteiger partial charge >= 0.3 is 5.97 Å². The Labute approximate surface area is 125 Å². The van der Waals surface area contributed by atoms with E-state index < -0.39 is 6.04 Å². The van der Waals surface area contributed by atoms with E-state index in [1.165, 1.54) is 0 Å². The molecule has 0 aromatic heterocycles. The lowest BCUT2D eigenvalue weighted by Crippen LogP contribution is -2.25. The maximum absolute atomic E-state index is 11.8. The molecule has 0 bridgehead atoms. The molecule has 1 unspecified atom stereocenters. The van der Waals surface area contributed by atoms with Gasteiger partial charge in [-0.15, -0.1) is 12.4 Å². The van der Waals surface area contributed by atoms with Crippen LogP contribution in [0.2, 0.25) is 0 Å². The molecule has 0 fully saturated rings. The Morgan fingerprint density at radius 1 is 1.15 bits per heavy atom. The summed E-state index contributed by atoms with van der Waals surface area (Å²) in [5.74, 6) is -0.0586. The number of benzene rings is 2. The number of hydrogen-bond donors (Lipinski definition) is 1. The first-order valence-corrected chi connectivity index (χ1v) is 6.49. The number of halogens is 1. The summed E-state index contributed by atoms with van der Waals surface area (Å²) in [4.78, 5) is 11.8. The molecule has 2 N–H and O–H groups in total. The Balaban J connectivity index is 0.00000200. The molecule has 2 aromatic carbocycles. The van der Waals surface area contributed by atoms with Crippen LogP contribution in [0.25, 0.3) is 10.8 Å². The van der Waals surface area contributed by atoms with E-state index in [0.717, 1.165) is 16.3 Å². The summed E-state index contributed by atoms with van der Waals surface area (Å²) in [6.07, 6.45) is 0. The summed E-state index contributed by atoms with van der Waals surface area (Å²) in [5.41, 5.74) is 6.73. The van der Waals surface area contributed by atoms with Crippen molar-refractivity contribution in [2.75, 3.05) is 6.61 Å². The molecule has 0 radical (unpaired) electrons. The Morgan fingerprint density at radius 2 is 1.80 bits per heavy atom. The number of fused-ring (bicyclic) bond motifs is 1. The van der Waals surface area contributed by atoms with Crippen molar-refractivity contribution in [3.05, 3.63) is 48.0 Å². The van der Waals surface area contributed by atoms with Gasteiger partial charge < -0.3 is 10.5 Å². The maximum atomic E-state index is 11.8. The van der Waals surface area contributed by atoms with Crippen LogP contribution in [0, 0.1) is 5.92 Å². The SMILES string of the molecule is CC(C)COC(=O)C(N)c1ccc2ccccc2c1.Cl. The number of carbonyl (C=O) groups is 1. The Bertz CT molecular complexity index is 583. The summed E-state index contributed by atoms with van der Waals surface area (Å²) in [6.45, 7) is 4.39. The van der Waals surface area contributed by atoms with Crippen LogP contribution >= 0.6 is 12.4 Å². The zero-order valence-corrected chi connectivity index (χ0v) is 12.5. The maximum Gasteiger partial charge on any atom is 0.327 e. The number of ether oxygens (including phenoxy) is 1. The third-order valence-electron chi connectivity index (χ3n) is 2.95. The molecular formula is C16H20ClNO2. The average molecular weight is 294 g/mol. The van der Waals surface area contributed by atoms with E-state index >= 15 is 0 Å². The molecule has 0 aliphatic carbocycles. The van der Waals surface area contributed by atoms with Crippen molar-refractivity contribution in [3.63, 3.8) is 0 Å². The summed E-state index contributed by atoms with van der Waals surface area (Å²) in [6, 6.07) is 13.1. The zero-order chi connectivity index (χ0) is 13.8. The molecule has 4 heteroatoms. The first-order valence-electron chi connectivity index (χ1n) is 6.49. The molecule has 1 atom stereocenters. The summed E-state index contributed by atoms with van der Waals surface area (Å²) < 4.78 is 5.17. The van der Waals surface area contributed by atoms with Crippen molar-refractivity contribution in [3.8, 4) is 0 Å². The highest BCUT2D eigenvalue weighted by molar-refractivity contribution is 5.86. The van der Waals surface area contributed by atoms with Gasteiger partial charge in [0.15, 0.2) is 0 Å². The molecule has 108 valence electrons. The number of carbonyl (C=O) groups excluding carboxylic acids is 1. The fraction of sp³-hybridized carbons (Fsp3) is 0.312. The zero-order valence-electron chi connectivity index (χ0n) is 11.7. The predicted molar refractivity (Wildman–Crippen MR) is 83.9 cm³/mol. The van der Waals surface area contributed by atoms with Gasteiger partial charge in [0.2, 0.25) is 0 Å². The Morgan fingerprint density at radius 3 is 2.45 bits per heavy atom. The second-order valence-electron chi connectivity index (χ2n) is 5.11. The second kappa shape index (κ2) is 7.27. The van der Waals surface area contributed by atoms with Crippen LogP contribution in [-0.4, -0.2) is 12.6 Å². The number of nitrogens with two attached hydrogens (primary N) is 1. The van der Waals surface area contributed by atoms with E-state index in [1.54, 1.807) is 0 Å². The van der Waals surface area contributed by atoms with E-state index in [4.69, 9.17) is 10.5 Å². The standard InChI is InChI=1S/C16H19NO2.ClH/c1-11(2)10-19-16(18)15(17)14-8-7-12-5-3-4-6-13(12)9-14;/h3-9,11,15H,10,17H2,1-2H3;1H. The predicted octanol–water partition coefficient (Wildman–Crippen LogP) is 3.46. The third-order valence-corrected chi connectivity index (χ3v) is 2.95. The highest BCUT2D eigenvalue weighted by atomic mass is 35.5. The molecule has 0 spiro atoms. The molecule has 2 aromatic rings. The fourth-order valence-corrected chi connectivity index (χ4v) is 1.88. The van der Waals surface area contributed by atoms with Crippen molar-refractivity contribution in [2.45, 2.75) is 19.9 Å². The topological polar surface area (TPSA) is 52.3 Å². The lowest BCUT2D eigenvalue weighted by Gasteiger charge is -2.13. The van der Waals surface area contributed by atoms with E-state index in [2.05, 4.69) is 0 Å². The van der Waals surface area contributed by atoms with Crippen LogP contribution < -0.4 is 5.73 Å². The van der Waals surface area contributed by atoms with E-state index in [0.29, 0.717) is 12.5 Å². The van der Waals surface area contributed by atoms with Crippen LogP contribution in [0.15, 0.2) is 42.5 Å². The van der Waals surface area contributed by atoms with E-state index in [9.17, 15) is 4.79 Å². The van der Waals surface area contributed by atoms with Gasteiger partial charge in [-0.1, -0.05) is 50.2 Å². The molecule has 0 aliphatic rings. The van der Waals surface area contributed by atoms with Gasteiger partial charge in [0.25, 0.3) is 0 Å². The van der Waals surface area contributed by atoms with Gasteiger partial charge in [-0.3, -0.25) is 0 Å². The fourth-order valence-electron chi connectivity index (χ4n) is 1.88. The number of hydrogen-bond acceptors (Lipinski definition) is 3. The Kier molecular flexibility index (Phi) is 5.99. The third kappa shape index (κ3) is 3.95. The molecule has 0 heterocycles. The molecule has 20 heavy (non-hydrogen) atoms. The highest BCUT2D eigenvalue weighted by Crippen LogP contribution is 2.20. The lowest BCUT2D eigenvalue weighted by atomic mass is 10.0. The number of rotatable bonds is 4. The lowest BCUT2D eigenvalue weighted by molar-refractivity contribution is -0.146. The largest absolute Gasteiger partial charge is 0.464 e. The van der Waals surface area contributed by atoms with Gasteiger partial charge in [-0.25, -0.2) is 4.79 Å². The normalized spacial score (nSPS) is 12.0. The summed E-state index contributed by atoms with van der Waals surface area (Å²) in [7, 11) is 0. The summed E-state index contributed by atoms with van der Waals surface area (Å²) >= 11 is 0. The van der Waals surface area contributed by atoms with Crippen LogP contribution in [0.5, 0.6) is 0 Å². The first-order chi connectivity index (χ1) is 9.08. The highest BCUT2D eigenvalue weighted by Gasteiger charge is 2.17. The quantitative estimate of drug-likeness (QED) is 0.878. The van der Waals surface area contributed by atoms with Gasteiger partial charge in [0.1, 0.15) is 6.04 Å². The molecule has 0 amide bonds. The summed E-state index contributed by atoms with van der Waals surface area (Å²) in [5, 5.41) is 2.21. The minimum Gasteiger partial charge on any atom is -0.464 e. The van der Waals surface area contributed by atoms with Crippen LogP contribution in [-0.2, 0) is 9.53 Å². The van der Waals surface area contributed by atoms with E-state index in [-0.39, 0.29) is 18.4 Å². The first kappa shape index (κ1) is 16.5. The molecule has 0 aliphatic heterocycles.